The van der Waals surface area contributed by atoms with Crippen LogP contribution in [0.1, 0.15) is 12.0 Å². The van der Waals surface area contributed by atoms with Gasteiger partial charge in [0.05, 0.1) is 16.3 Å². The van der Waals surface area contributed by atoms with Crippen LogP contribution in [-0.2, 0) is 31.3 Å². The standard InChI is InChI=1S/C23H18ClN3O6S2/c24-16-6-8-19(26-34(29,30)17-7-9-18-14(11-17)5-10-22(28)25-18)20(13-16)27-35(31,32)23-12-15-3-1-2-4-21(15)33-23/h1-4,6-9,11-13,26-27H,5,10H2,(H,25,28). The van der Waals surface area contributed by atoms with Gasteiger partial charge < -0.3 is 9.73 Å². The van der Waals surface area contributed by atoms with Crippen LogP contribution < -0.4 is 14.8 Å². The van der Waals surface area contributed by atoms with E-state index in [1.807, 2.05) is 0 Å². The van der Waals surface area contributed by atoms with Crippen molar-refractivity contribution in [3.05, 3.63) is 77.3 Å². The van der Waals surface area contributed by atoms with Gasteiger partial charge in [-0.2, -0.15) is 8.42 Å². The monoisotopic (exact) mass is 531 g/mol. The van der Waals surface area contributed by atoms with E-state index in [0.29, 0.717) is 28.6 Å². The van der Waals surface area contributed by atoms with E-state index in [-0.39, 0.29) is 38.7 Å². The lowest BCUT2D eigenvalue weighted by atomic mass is 10.0. The fourth-order valence-corrected chi connectivity index (χ4v) is 6.05. The van der Waals surface area contributed by atoms with Gasteiger partial charge in [-0.25, -0.2) is 8.42 Å². The van der Waals surface area contributed by atoms with Crippen LogP contribution in [-0.4, -0.2) is 22.7 Å². The molecule has 12 heteroatoms. The van der Waals surface area contributed by atoms with Crippen LogP contribution in [0.2, 0.25) is 5.02 Å². The Morgan fingerprint density at radius 3 is 2.40 bits per heavy atom. The first-order valence-electron chi connectivity index (χ1n) is 10.4. The van der Waals surface area contributed by atoms with E-state index >= 15 is 0 Å². The lowest BCUT2D eigenvalue weighted by Gasteiger charge is -2.18. The zero-order chi connectivity index (χ0) is 24.8. The van der Waals surface area contributed by atoms with Crippen LogP contribution in [0.15, 0.2) is 81.1 Å². The third kappa shape index (κ3) is 4.70. The zero-order valence-electron chi connectivity index (χ0n) is 17.9. The number of nitrogens with one attached hydrogen (secondary N) is 3. The van der Waals surface area contributed by atoms with Crippen molar-refractivity contribution in [2.45, 2.75) is 22.8 Å². The number of furan rings is 1. The molecule has 0 bridgehead atoms. The lowest BCUT2D eigenvalue weighted by Crippen LogP contribution is -2.20. The van der Waals surface area contributed by atoms with Crippen molar-refractivity contribution >= 4 is 65.6 Å². The van der Waals surface area contributed by atoms with Gasteiger partial charge in [-0.15, -0.1) is 0 Å². The average molecular weight is 532 g/mol. The van der Waals surface area contributed by atoms with Gasteiger partial charge >= 0.3 is 0 Å². The number of para-hydroxylation sites is 1. The number of aryl methyl sites for hydroxylation is 1. The Labute approximate surface area is 206 Å². The third-order valence-electron chi connectivity index (χ3n) is 5.42. The molecule has 1 aromatic heterocycles. The summed E-state index contributed by atoms with van der Waals surface area (Å²) in [5, 5.41) is 3.17. The molecule has 1 aliphatic heterocycles. The Kier molecular flexibility index (Phi) is 5.70. The molecule has 0 saturated heterocycles. The molecule has 180 valence electrons. The molecule has 2 heterocycles. The minimum absolute atomic E-state index is 0.0277. The number of fused-ring (bicyclic) bond motifs is 2. The fourth-order valence-electron chi connectivity index (χ4n) is 3.71. The molecule has 9 nitrogen and oxygen atoms in total. The summed E-state index contributed by atoms with van der Waals surface area (Å²) in [5.41, 5.74) is 1.54. The summed E-state index contributed by atoms with van der Waals surface area (Å²) in [6.45, 7) is 0. The normalized spacial score (nSPS) is 13.8. The molecule has 0 unspecified atom stereocenters. The second-order valence-electron chi connectivity index (χ2n) is 7.87. The molecule has 35 heavy (non-hydrogen) atoms. The maximum atomic E-state index is 13.1. The number of sulfonamides is 2. The summed E-state index contributed by atoms with van der Waals surface area (Å²) >= 11 is 6.07. The topological polar surface area (TPSA) is 135 Å². The maximum absolute atomic E-state index is 13.1. The number of carbonyl (C=O) groups is 1. The Bertz CT molecular complexity index is 1660. The first-order chi connectivity index (χ1) is 16.6. The average Bonchev–Trinajstić information content (AvgIpc) is 3.26. The summed E-state index contributed by atoms with van der Waals surface area (Å²) in [7, 11) is -8.30. The van der Waals surface area contributed by atoms with Gasteiger partial charge in [-0.05, 0) is 54.4 Å². The molecule has 1 amide bonds. The van der Waals surface area contributed by atoms with Crippen molar-refractivity contribution < 1.29 is 26.0 Å². The van der Waals surface area contributed by atoms with E-state index in [2.05, 4.69) is 14.8 Å². The maximum Gasteiger partial charge on any atom is 0.295 e. The van der Waals surface area contributed by atoms with Gasteiger partial charge in [0.2, 0.25) is 11.0 Å². The van der Waals surface area contributed by atoms with E-state index in [9.17, 15) is 21.6 Å². The van der Waals surface area contributed by atoms with Gasteiger partial charge in [0.25, 0.3) is 20.0 Å². The van der Waals surface area contributed by atoms with Crippen LogP contribution >= 0.6 is 11.6 Å². The highest BCUT2D eigenvalue weighted by Gasteiger charge is 2.24. The van der Waals surface area contributed by atoms with Gasteiger partial charge in [0.1, 0.15) is 5.58 Å². The summed E-state index contributed by atoms with van der Waals surface area (Å²) in [4.78, 5) is 11.5. The predicted molar refractivity (Wildman–Crippen MR) is 133 cm³/mol. The van der Waals surface area contributed by atoms with Crippen LogP contribution in [0.4, 0.5) is 17.1 Å². The number of anilines is 3. The number of rotatable bonds is 6. The van der Waals surface area contributed by atoms with Gasteiger partial charge in [-0.3, -0.25) is 14.2 Å². The first-order valence-corrected chi connectivity index (χ1v) is 13.7. The molecule has 3 aromatic carbocycles. The molecule has 0 saturated carbocycles. The largest absolute Gasteiger partial charge is 0.443 e. The van der Waals surface area contributed by atoms with Crippen molar-refractivity contribution in [1.29, 1.82) is 0 Å². The summed E-state index contributed by atoms with van der Waals surface area (Å²) in [6.07, 6.45) is 0.669. The summed E-state index contributed by atoms with van der Waals surface area (Å²) in [6, 6.07) is 16.6. The molecule has 3 N–H and O–H groups in total. The zero-order valence-corrected chi connectivity index (χ0v) is 20.3. The first kappa shape index (κ1) is 23.2. The summed E-state index contributed by atoms with van der Waals surface area (Å²) < 4.78 is 62.4. The van der Waals surface area contributed by atoms with Crippen molar-refractivity contribution in [1.82, 2.24) is 0 Å². The van der Waals surface area contributed by atoms with E-state index in [0.717, 1.165) is 0 Å². The Morgan fingerprint density at radius 1 is 0.829 bits per heavy atom. The van der Waals surface area contributed by atoms with Crippen LogP contribution in [0.3, 0.4) is 0 Å². The number of benzene rings is 3. The molecule has 0 fully saturated rings. The third-order valence-corrected chi connectivity index (χ3v) is 8.24. The number of amides is 1. The van der Waals surface area contributed by atoms with Gasteiger partial charge in [-0.1, -0.05) is 29.8 Å². The molecular formula is C23H18ClN3O6S2. The Morgan fingerprint density at radius 2 is 1.60 bits per heavy atom. The highest BCUT2D eigenvalue weighted by atomic mass is 35.5. The molecule has 0 radical (unpaired) electrons. The number of hydrogen-bond donors (Lipinski definition) is 3. The second kappa shape index (κ2) is 8.59. The Hall–Kier alpha value is -3.54. The minimum Gasteiger partial charge on any atom is -0.443 e. The van der Waals surface area contributed by atoms with Crippen LogP contribution in [0, 0.1) is 0 Å². The van der Waals surface area contributed by atoms with E-state index < -0.39 is 20.0 Å². The Balaban J connectivity index is 1.46. The van der Waals surface area contributed by atoms with Crippen molar-refractivity contribution in [2.24, 2.45) is 0 Å². The highest BCUT2D eigenvalue weighted by molar-refractivity contribution is 7.93. The summed E-state index contributed by atoms with van der Waals surface area (Å²) in [5.74, 6) is -0.131. The number of halogens is 1. The van der Waals surface area contributed by atoms with Crippen molar-refractivity contribution in [3.8, 4) is 0 Å². The molecule has 0 aliphatic carbocycles. The van der Waals surface area contributed by atoms with Crippen LogP contribution in [0.25, 0.3) is 11.0 Å². The van der Waals surface area contributed by atoms with Gasteiger partial charge in [0.15, 0.2) is 0 Å². The predicted octanol–water partition coefficient (Wildman–Crippen LogP) is 4.57. The quantitative estimate of drug-likeness (QED) is 0.333. The fraction of sp³-hybridized carbons (Fsp3) is 0.0870. The lowest BCUT2D eigenvalue weighted by molar-refractivity contribution is -0.116. The number of carbonyl (C=O) groups excluding carboxylic acids is 1. The molecule has 1 aliphatic rings. The second-order valence-corrected chi connectivity index (χ2v) is 11.6. The van der Waals surface area contributed by atoms with Crippen molar-refractivity contribution in [2.75, 3.05) is 14.8 Å². The van der Waals surface area contributed by atoms with E-state index in [1.54, 1.807) is 24.3 Å². The molecule has 0 atom stereocenters. The molecular weight excluding hydrogens is 514 g/mol. The number of hydrogen-bond acceptors (Lipinski definition) is 6. The molecule has 4 aromatic rings. The van der Waals surface area contributed by atoms with Crippen LogP contribution in [0.5, 0.6) is 0 Å². The van der Waals surface area contributed by atoms with Crippen molar-refractivity contribution in [3.63, 3.8) is 0 Å². The van der Waals surface area contributed by atoms with E-state index in [1.165, 1.54) is 42.5 Å². The smallest absolute Gasteiger partial charge is 0.295 e. The SMILES string of the molecule is O=C1CCc2cc(S(=O)(=O)Nc3ccc(Cl)cc3NS(=O)(=O)c3cc4ccccc4o3)ccc2N1. The molecule has 5 rings (SSSR count). The molecule has 0 spiro atoms. The van der Waals surface area contributed by atoms with Gasteiger partial charge in [0, 0.05) is 28.6 Å². The van der Waals surface area contributed by atoms with E-state index in [4.69, 9.17) is 16.0 Å². The highest BCUT2D eigenvalue weighted by Crippen LogP contribution is 2.32. The minimum atomic E-state index is -4.20.